The van der Waals surface area contributed by atoms with Crippen LogP contribution in [0.2, 0.25) is 5.02 Å². The number of carbonyl (C=O) groups excluding carboxylic acids is 2. The van der Waals surface area contributed by atoms with Crippen molar-refractivity contribution in [2.75, 3.05) is 0 Å². The fraction of sp³-hybridized carbons (Fsp3) is 0.304. The second-order valence-electron chi connectivity index (χ2n) is 7.51. The van der Waals surface area contributed by atoms with Crippen molar-refractivity contribution < 1.29 is 14.0 Å². The van der Waals surface area contributed by atoms with Gasteiger partial charge in [0.2, 0.25) is 5.91 Å². The van der Waals surface area contributed by atoms with Crippen LogP contribution in [0.5, 0.6) is 0 Å². The molecule has 0 radical (unpaired) electrons. The van der Waals surface area contributed by atoms with Crippen LogP contribution >= 0.6 is 11.6 Å². The number of halogens is 2. The van der Waals surface area contributed by atoms with Gasteiger partial charge < -0.3 is 10.2 Å². The summed E-state index contributed by atoms with van der Waals surface area (Å²) in [5, 5.41) is 2.96. The molecule has 2 amide bonds. The lowest BCUT2D eigenvalue weighted by Crippen LogP contribution is -2.48. The van der Waals surface area contributed by atoms with Gasteiger partial charge in [0, 0.05) is 22.7 Å². The molecule has 0 saturated heterocycles. The van der Waals surface area contributed by atoms with Crippen LogP contribution in [0.25, 0.3) is 0 Å². The molecule has 2 aromatic carbocycles. The smallest absolute Gasteiger partial charge is 0.255 e. The van der Waals surface area contributed by atoms with Gasteiger partial charge in [-0.05, 0) is 36.1 Å². The number of hydrogen-bond acceptors (Lipinski definition) is 2. The minimum atomic E-state index is -0.963. The summed E-state index contributed by atoms with van der Waals surface area (Å²) < 4.78 is 14.3. The molecule has 1 heterocycles. The molecular weight excluding hydrogens is 391 g/mol. The monoisotopic (exact) mass is 412 g/mol. The summed E-state index contributed by atoms with van der Waals surface area (Å²) in [7, 11) is 0. The molecule has 0 spiro atoms. The van der Waals surface area contributed by atoms with E-state index >= 15 is 0 Å². The number of fused-ring (bicyclic) bond motifs is 1. The zero-order valence-corrected chi connectivity index (χ0v) is 17.0. The fourth-order valence-electron chi connectivity index (χ4n) is 3.53. The Hall–Kier alpha value is -2.84. The van der Waals surface area contributed by atoms with Crippen molar-refractivity contribution in [3.63, 3.8) is 0 Å². The summed E-state index contributed by atoms with van der Waals surface area (Å²) in [6.07, 6.45) is 6.03. The van der Waals surface area contributed by atoms with E-state index in [2.05, 4.69) is 11.2 Å². The molecule has 2 aromatic rings. The van der Waals surface area contributed by atoms with Gasteiger partial charge in [0.05, 0.1) is 0 Å². The zero-order valence-electron chi connectivity index (χ0n) is 16.3. The van der Waals surface area contributed by atoms with Crippen molar-refractivity contribution in [2.45, 2.75) is 38.9 Å². The van der Waals surface area contributed by atoms with Crippen LogP contribution < -0.4 is 5.32 Å². The Morgan fingerprint density at radius 1 is 1.31 bits per heavy atom. The van der Waals surface area contributed by atoms with Crippen LogP contribution in [-0.4, -0.2) is 22.8 Å². The number of hydrogen-bond donors (Lipinski definition) is 1. The Morgan fingerprint density at radius 3 is 2.66 bits per heavy atom. The minimum absolute atomic E-state index is 0.157. The van der Waals surface area contributed by atoms with E-state index in [1.165, 1.54) is 12.1 Å². The maximum absolute atomic E-state index is 14.3. The van der Waals surface area contributed by atoms with Crippen LogP contribution in [0.3, 0.4) is 0 Å². The van der Waals surface area contributed by atoms with Crippen molar-refractivity contribution in [1.82, 2.24) is 10.2 Å². The first-order valence-electron chi connectivity index (χ1n) is 9.42. The number of terminal acetylenes is 1. The van der Waals surface area contributed by atoms with Crippen molar-refractivity contribution in [2.24, 2.45) is 5.92 Å². The van der Waals surface area contributed by atoms with Crippen LogP contribution in [0.4, 0.5) is 4.39 Å². The van der Waals surface area contributed by atoms with Gasteiger partial charge >= 0.3 is 0 Å². The van der Waals surface area contributed by atoms with Gasteiger partial charge in [-0.25, -0.2) is 4.39 Å². The highest BCUT2D eigenvalue weighted by atomic mass is 35.5. The average Bonchev–Trinajstić information content (AvgIpc) is 3.01. The van der Waals surface area contributed by atoms with Crippen LogP contribution in [0, 0.1) is 24.1 Å². The molecule has 29 heavy (non-hydrogen) atoms. The molecule has 1 aliphatic heterocycles. The quantitative estimate of drug-likeness (QED) is 0.717. The van der Waals surface area contributed by atoms with Crippen molar-refractivity contribution in [3.05, 3.63) is 70.0 Å². The van der Waals surface area contributed by atoms with Gasteiger partial charge in [-0.2, -0.15) is 0 Å². The first-order valence-corrected chi connectivity index (χ1v) is 9.80. The fourth-order valence-corrected chi connectivity index (χ4v) is 3.69. The number of rotatable bonds is 6. The predicted molar refractivity (Wildman–Crippen MR) is 111 cm³/mol. The average molecular weight is 413 g/mol. The molecule has 0 saturated carbocycles. The van der Waals surface area contributed by atoms with E-state index in [-0.39, 0.29) is 22.4 Å². The molecule has 150 valence electrons. The van der Waals surface area contributed by atoms with E-state index in [1.54, 1.807) is 17.0 Å². The van der Waals surface area contributed by atoms with Gasteiger partial charge in [0.15, 0.2) is 0 Å². The van der Waals surface area contributed by atoms with Crippen LogP contribution in [-0.2, 0) is 11.3 Å². The van der Waals surface area contributed by atoms with Gasteiger partial charge in [-0.3, -0.25) is 9.59 Å². The Kier molecular flexibility index (Phi) is 6.24. The van der Waals surface area contributed by atoms with Gasteiger partial charge in [-0.1, -0.05) is 55.6 Å². The zero-order chi connectivity index (χ0) is 21.1. The van der Waals surface area contributed by atoms with Gasteiger partial charge in [-0.15, -0.1) is 6.42 Å². The van der Waals surface area contributed by atoms with E-state index in [0.29, 0.717) is 18.5 Å². The lowest BCUT2D eigenvalue weighted by atomic mass is 10.00. The molecule has 0 aliphatic carbocycles. The second-order valence-corrected chi connectivity index (χ2v) is 7.95. The van der Waals surface area contributed by atoms with Crippen molar-refractivity contribution in [1.29, 1.82) is 0 Å². The molecule has 1 aliphatic rings. The second kappa shape index (κ2) is 8.67. The first-order chi connectivity index (χ1) is 13.8. The lowest BCUT2D eigenvalue weighted by Gasteiger charge is -2.29. The number of nitrogens with zero attached hydrogens (tertiary/aromatic N) is 1. The van der Waals surface area contributed by atoms with E-state index in [0.717, 1.165) is 11.6 Å². The van der Waals surface area contributed by atoms with Crippen molar-refractivity contribution >= 4 is 23.4 Å². The molecule has 1 unspecified atom stereocenters. The summed E-state index contributed by atoms with van der Waals surface area (Å²) >= 11 is 5.80. The van der Waals surface area contributed by atoms with Crippen LogP contribution in [0.1, 0.15) is 47.8 Å². The summed E-state index contributed by atoms with van der Waals surface area (Å²) in [5.41, 5.74) is 1.65. The van der Waals surface area contributed by atoms with Crippen LogP contribution in [0.15, 0.2) is 42.5 Å². The highest BCUT2D eigenvalue weighted by Crippen LogP contribution is 2.28. The molecule has 0 fully saturated rings. The van der Waals surface area contributed by atoms with E-state index in [4.69, 9.17) is 18.0 Å². The molecule has 6 heteroatoms. The lowest BCUT2D eigenvalue weighted by molar-refractivity contribution is -0.126. The maximum atomic E-state index is 14.3. The molecule has 4 nitrogen and oxygen atoms in total. The number of nitrogens with one attached hydrogen (secondary N) is 1. The summed E-state index contributed by atoms with van der Waals surface area (Å²) in [6, 6.07) is 9.76. The van der Waals surface area contributed by atoms with Gasteiger partial charge in [0.1, 0.15) is 17.9 Å². The maximum Gasteiger partial charge on any atom is 0.255 e. The predicted octanol–water partition coefficient (Wildman–Crippen LogP) is 4.34. The summed E-state index contributed by atoms with van der Waals surface area (Å²) in [5.74, 6) is 1.40. The van der Waals surface area contributed by atoms with E-state index in [1.807, 2.05) is 26.0 Å². The number of carbonyl (C=O) groups is 2. The molecule has 2 atom stereocenters. The normalized spacial score (nSPS) is 15.0. The SMILES string of the molecule is C#CC(NC(=O)[C@@H](CC(C)C)N1Cc2ccccc2C1=O)c1ccc(Cl)cc1F. The summed E-state index contributed by atoms with van der Waals surface area (Å²) in [4.78, 5) is 27.6. The van der Waals surface area contributed by atoms with Gasteiger partial charge in [0.25, 0.3) is 5.91 Å². The minimum Gasteiger partial charge on any atom is -0.337 e. The third-order valence-corrected chi connectivity index (χ3v) is 5.18. The Bertz CT molecular complexity index is 983. The van der Waals surface area contributed by atoms with Crippen molar-refractivity contribution in [3.8, 4) is 12.3 Å². The Labute approximate surface area is 175 Å². The molecule has 1 N–H and O–H groups in total. The number of amides is 2. The summed E-state index contributed by atoms with van der Waals surface area (Å²) in [6.45, 7) is 4.31. The van der Waals surface area contributed by atoms with E-state index in [9.17, 15) is 14.0 Å². The molecular formula is C23H22ClFN2O2. The number of benzene rings is 2. The molecule has 0 bridgehead atoms. The third-order valence-electron chi connectivity index (χ3n) is 4.95. The largest absolute Gasteiger partial charge is 0.337 e. The Balaban J connectivity index is 1.85. The topological polar surface area (TPSA) is 49.4 Å². The third kappa shape index (κ3) is 4.44. The highest BCUT2D eigenvalue weighted by Gasteiger charge is 2.37. The highest BCUT2D eigenvalue weighted by molar-refractivity contribution is 6.30. The van der Waals surface area contributed by atoms with E-state index < -0.39 is 23.8 Å². The molecule has 0 aromatic heterocycles. The standard InChI is InChI=1S/C23H22ClFN2O2/c1-4-20(18-10-9-16(24)12-19(18)25)26-22(28)21(11-14(2)3)27-13-15-7-5-6-8-17(15)23(27)29/h1,5-10,12,14,20-21H,11,13H2,2-3H3,(H,26,28)/t20?,21-/m1/s1. The molecule has 3 rings (SSSR count). The first kappa shape index (κ1) is 20.9. The Morgan fingerprint density at radius 2 is 2.03 bits per heavy atom.